The number of nitrogens with one attached hydrogen (secondary N) is 1. The van der Waals surface area contributed by atoms with E-state index in [0.29, 0.717) is 11.5 Å². The van der Waals surface area contributed by atoms with Crippen LogP contribution in [-0.2, 0) is 0 Å². The van der Waals surface area contributed by atoms with Crippen LogP contribution >= 0.6 is 0 Å². The molecule has 0 spiro atoms. The van der Waals surface area contributed by atoms with E-state index in [0.717, 1.165) is 24.4 Å². The van der Waals surface area contributed by atoms with E-state index < -0.39 is 0 Å². The van der Waals surface area contributed by atoms with Crippen molar-refractivity contribution in [3.63, 3.8) is 0 Å². The van der Waals surface area contributed by atoms with Crippen molar-refractivity contribution in [3.8, 4) is 5.88 Å². The van der Waals surface area contributed by atoms with Gasteiger partial charge in [0.1, 0.15) is 0 Å². The Morgan fingerprint density at radius 1 is 1.39 bits per heavy atom. The average Bonchev–Trinajstić information content (AvgIpc) is 2.33. The van der Waals surface area contributed by atoms with E-state index in [4.69, 9.17) is 4.74 Å². The Kier molecular flexibility index (Phi) is 5.60. The van der Waals surface area contributed by atoms with Gasteiger partial charge >= 0.3 is 0 Å². The standard InChI is InChI=1S/C15H26N2O/c1-6-16-13(9-10-15(2,3)4)12-8-7-11-17-14(12)18-5/h7-8,11,13,16H,6,9-10H2,1-5H3. The molecule has 0 saturated heterocycles. The zero-order valence-corrected chi connectivity index (χ0v) is 12.3. The van der Waals surface area contributed by atoms with Gasteiger partial charge in [-0.2, -0.15) is 0 Å². The number of hydrogen-bond acceptors (Lipinski definition) is 3. The van der Waals surface area contributed by atoms with Gasteiger partial charge in [-0.1, -0.05) is 33.8 Å². The second kappa shape index (κ2) is 6.74. The first-order chi connectivity index (χ1) is 8.48. The largest absolute Gasteiger partial charge is 0.481 e. The van der Waals surface area contributed by atoms with Gasteiger partial charge in [0.05, 0.1) is 7.11 Å². The first-order valence-electron chi connectivity index (χ1n) is 6.70. The first kappa shape index (κ1) is 15.0. The second-order valence-electron chi connectivity index (χ2n) is 5.81. The molecule has 1 aromatic heterocycles. The monoisotopic (exact) mass is 250 g/mol. The summed E-state index contributed by atoms with van der Waals surface area (Å²) < 4.78 is 5.35. The molecule has 3 nitrogen and oxygen atoms in total. The summed E-state index contributed by atoms with van der Waals surface area (Å²) in [5.74, 6) is 0.734. The summed E-state index contributed by atoms with van der Waals surface area (Å²) in [6.07, 6.45) is 4.04. The molecule has 3 heteroatoms. The summed E-state index contributed by atoms with van der Waals surface area (Å²) in [7, 11) is 1.68. The zero-order valence-electron chi connectivity index (χ0n) is 12.3. The lowest BCUT2D eigenvalue weighted by Crippen LogP contribution is -2.23. The van der Waals surface area contributed by atoms with Gasteiger partial charge in [0.25, 0.3) is 0 Å². The maximum Gasteiger partial charge on any atom is 0.217 e. The molecule has 0 bridgehead atoms. The van der Waals surface area contributed by atoms with Gasteiger partial charge in [0, 0.05) is 17.8 Å². The summed E-state index contributed by atoms with van der Waals surface area (Å²) in [4.78, 5) is 4.28. The number of methoxy groups -OCH3 is 1. The third-order valence-corrected chi connectivity index (χ3v) is 3.00. The summed E-state index contributed by atoms with van der Waals surface area (Å²) >= 11 is 0. The van der Waals surface area contributed by atoms with Gasteiger partial charge < -0.3 is 10.1 Å². The van der Waals surface area contributed by atoms with Crippen LogP contribution in [0.3, 0.4) is 0 Å². The molecule has 1 unspecified atom stereocenters. The maximum absolute atomic E-state index is 5.35. The molecule has 1 aromatic rings. The first-order valence-corrected chi connectivity index (χ1v) is 6.70. The molecular formula is C15H26N2O. The fraction of sp³-hybridized carbons (Fsp3) is 0.667. The molecule has 0 radical (unpaired) electrons. The Labute approximate surface area is 111 Å². The molecule has 0 aromatic carbocycles. The van der Waals surface area contributed by atoms with Crippen LogP contribution in [0, 0.1) is 5.41 Å². The van der Waals surface area contributed by atoms with Gasteiger partial charge in [-0.15, -0.1) is 0 Å². The van der Waals surface area contributed by atoms with E-state index in [9.17, 15) is 0 Å². The number of hydrogen-bond donors (Lipinski definition) is 1. The zero-order chi connectivity index (χ0) is 13.6. The van der Waals surface area contributed by atoms with E-state index >= 15 is 0 Å². The lowest BCUT2D eigenvalue weighted by molar-refractivity contribution is 0.325. The fourth-order valence-electron chi connectivity index (χ4n) is 2.03. The molecule has 1 heterocycles. The van der Waals surface area contributed by atoms with Crippen molar-refractivity contribution >= 4 is 0 Å². The third-order valence-electron chi connectivity index (χ3n) is 3.00. The van der Waals surface area contributed by atoms with E-state index in [2.05, 4.69) is 44.1 Å². The number of nitrogens with zero attached hydrogens (tertiary/aromatic N) is 1. The van der Waals surface area contributed by atoms with Crippen molar-refractivity contribution in [2.45, 2.75) is 46.6 Å². The van der Waals surface area contributed by atoms with Gasteiger partial charge in [-0.3, -0.25) is 0 Å². The number of aromatic nitrogens is 1. The van der Waals surface area contributed by atoms with Crippen LogP contribution in [0.25, 0.3) is 0 Å². The Morgan fingerprint density at radius 2 is 2.11 bits per heavy atom. The van der Waals surface area contributed by atoms with E-state index in [1.165, 1.54) is 6.42 Å². The highest BCUT2D eigenvalue weighted by molar-refractivity contribution is 5.28. The van der Waals surface area contributed by atoms with Crippen molar-refractivity contribution in [1.29, 1.82) is 0 Å². The van der Waals surface area contributed by atoms with Crippen molar-refractivity contribution in [1.82, 2.24) is 10.3 Å². The lowest BCUT2D eigenvalue weighted by Gasteiger charge is -2.24. The van der Waals surface area contributed by atoms with Gasteiger partial charge in [-0.05, 0) is 30.9 Å². The summed E-state index contributed by atoms with van der Waals surface area (Å²) in [5, 5.41) is 3.53. The highest BCUT2D eigenvalue weighted by Gasteiger charge is 2.19. The van der Waals surface area contributed by atoms with E-state index in [1.807, 2.05) is 6.07 Å². The molecule has 0 saturated carbocycles. The molecule has 18 heavy (non-hydrogen) atoms. The molecule has 1 rings (SSSR count). The maximum atomic E-state index is 5.35. The van der Waals surface area contributed by atoms with Gasteiger partial charge in [-0.25, -0.2) is 4.98 Å². The molecule has 0 amide bonds. The summed E-state index contributed by atoms with van der Waals surface area (Å²) in [6.45, 7) is 9.91. The minimum Gasteiger partial charge on any atom is -0.481 e. The van der Waals surface area contributed by atoms with Crippen molar-refractivity contribution < 1.29 is 4.74 Å². The smallest absolute Gasteiger partial charge is 0.217 e. The topological polar surface area (TPSA) is 34.2 Å². The van der Waals surface area contributed by atoms with E-state index in [-0.39, 0.29) is 0 Å². The Morgan fingerprint density at radius 3 is 2.67 bits per heavy atom. The number of pyridine rings is 1. The van der Waals surface area contributed by atoms with Crippen molar-refractivity contribution in [3.05, 3.63) is 23.9 Å². The molecule has 0 aliphatic heterocycles. The molecule has 1 N–H and O–H groups in total. The van der Waals surface area contributed by atoms with Crippen LogP contribution in [0.5, 0.6) is 5.88 Å². The minimum absolute atomic E-state index is 0.317. The molecular weight excluding hydrogens is 224 g/mol. The highest BCUT2D eigenvalue weighted by atomic mass is 16.5. The lowest BCUT2D eigenvalue weighted by atomic mass is 9.87. The Bertz CT molecular complexity index is 358. The predicted octanol–water partition coefficient (Wildman–Crippen LogP) is 3.57. The number of ether oxygens (including phenoxy) is 1. The third kappa shape index (κ3) is 4.65. The summed E-state index contributed by atoms with van der Waals surface area (Å²) in [5.41, 5.74) is 1.51. The molecule has 0 aliphatic rings. The molecule has 1 atom stereocenters. The SMILES string of the molecule is CCNC(CCC(C)(C)C)c1cccnc1OC. The van der Waals surface area contributed by atoms with Crippen molar-refractivity contribution in [2.24, 2.45) is 5.41 Å². The summed E-state index contributed by atoms with van der Waals surface area (Å²) in [6, 6.07) is 4.39. The Balaban J connectivity index is 2.83. The van der Waals surface area contributed by atoms with E-state index in [1.54, 1.807) is 13.3 Å². The highest BCUT2D eigenvalue weighted by Crippen LogP contribution is 2.30. The van der Waals surface area contributed by atoms with Crippen LogP contribution in [-0.4, -0.2) is 18.6 Å². The van der Waals surface area contributed by atoms with Gasteiger partial charge in [0.15, 0.2) is 0 Å². The quantitative estimate of drug-likeness (QED) is 0.838. The van der Waals surface area contributed by atoms with Crippen molar-refractivity contribution in [2.75, 3.05) is 13.7 Å². The van der Waals surface area contributed by atoms with Crippen LogP contribution in [0.15, 0.2) is 18.3 Å². The minimum atomic E-state index is 0.317. The second-order valence-corrected chi connectivity index (χ2v) is 5.81. The normalized spacial score (nSPS) is 13.4. The number of rotatable bonds is 6. The van der Waals surface area contributed by atoms with Crippen LogP contribution in [0.4, 0.5) is 0 Å². The molecule has 0 fully saturated rings. The van der Waals surface area contributed by atoms with Gasteiger partial charge in [0.2, 0.25) is 5.88 Å². The molecule has 0 aliphatic carbocycles. The average molecular weight is 250 g/mol. The Hall–Kier alpha value is -1.09. The molecule has 102 valence electrons. The van der Waals surface area contributed by atoms with Crippen LogP contribution in [0.1, 0.15) is 52.1 Å². The fourth-order valence-corrected chi connectivity index (χ4v) is 2.03. The van der Waals surface area contributed by atoms with Crippen LogP contribution in [0.2, 0.25) is 0 Å². The van der Waals surface area contributed by atoms with Crippen LogP contribution < -0.4 is 10.1 Å². The predicted molar refractivity (Wildman–Crippen MR) is 75.9 cm³/mol.